The summed E-state index contributed by atoms with van der Waals surface area (Å²) in [4.78, 5) is 49.3. The van der Waals surface area contributed by atoms with Gasteiger partial charge in [0, 0.05) is 35.6 Å². The Labute approximate surface area is 350 Å². The number of nitrogens with one attached hydrogen (secondary N) is 1. The average molecular weight is 837 g/mol. The zero-order valence-corrected chi connectivity index (χ0v) is 37.8. The van der Waals surface area contributed by atoms with Crippen LogP contribution in [0.1, 0.15) is 126 Å². The van der Waals surface area contributed by atoms with Crippen molar-refractivity contribution in [3.05, 3.63) is 52.1 Å². The second kappa shape index (κ2) is 17.3. The van der Waals surface area contributed by atoms with E-state index in [4.69, 9.17) is 18.4 Å². The van der Waals surface area contributed by atoms with E-state index in [1.165, 1.54) is 0 Å². The van der Waals surface area contributed by atoms with Crippen LogP contribution in [0.25, 0.3) is 5.76 Å². The monoisotopic (exact) mass is 836 g/mol. The quantitative estimate of drug-likeness (QED) is 0.0684. The smallest absolute Gasteiger partial charge is 0.265 e. The van der Waals surface area contributed by atoms with Gasteiger partial charge in [-0.2, -0.15) is 0 Å². The topological polar surface area (TPSA) is 144 Å². The Morgan fingerprint density at radius 2 is 1.69 bits per heavy atom. The number of hydrogen-bond acceptors (Lipinski definition) is 11. The number of aliphatic hydroxyl groups is 1. The predicted octanol–water partition coefficient (Wildman–Crippen LogP) is 8.61. The molecule has 6 rings (SSSR count). The van der Waals surface area contributed by atoms with E-state index in [2.05, 4.69) is 17.1 Å². The van der Waals surface area contributed by atoms with Gasteiger partial charge < -0.3 is 28.8 Å². The van der Waals surface area contributed by atoms with E-state index >= 15 is 14.0 Å². The number of amides is 1. The number of rotatable bonds is 17. The normalized spacial score (nSPS) is 24.1. The van der Waals surface area contributed by atoms with Crippen LogP contribution in [-0.2, 0) is 26.9 Å². The molecule has 2 N–H and O–H groups in total. The van der Waals surface area contributed by atoms with Gasteiger partial charge in [0.05, 0.1) is 36.5 Å². The van der Waals surface area contributed by atoms with Gasteiger partial charge in [0.1, 0.15) is 17.1 Å². The zero-order valence-electron chi connectivity index (χ0n) is 36.8. The Bertz CT molecular complexity index is 2000. The standard InChI is InChI=1S/C45H65FN4O8Si/c1-12-17-21-55-38-32-27(34(46)28-25-30(42(54)47-35(28)38)50(19-14-3)20-15-4)23-26-24-29-36(49(9)16-5)39-33(43(48-57-39)56-22-18-13-2)41(53)45(29,40(52)31(26)37(32)51)58-59(10,11)44(6,7)8/h14,26,29-30,36,51H,3,12-13,15-25H2,1-2,4-11H3,(H,47,54)/t26-,29-,30?,36-,45-/m0/s1. The van der Waals surface area contributed by atoms with Crippen LogP contribution in [0.15, 0.2) is 22.8 Å². The number of halogens is 1. The number of carbonyl (C=O) groups excluding carboxylic acids is 3. The van der Waals surface area contributed by atoms with Crippen LogP contribution < -0.4 is 14.8 Å². The van der Waals surface area contributed by atoms with Crippen molar-refractivity contribution in [1.29, 1.82) is 0 Å². The number of aliphatic hydroxyl groups excluding tert-OH is 1. The highest BCUT2D eigenvalue weighted by Gasteiger charge is 2.69. The molecule has 0 spiro atoms. The number of Topliss-reactive ketones (excluding diaryl/α,β-unsaturated/α-hetero) is 2. The minimum absolute atomic E-state index is 0.00636. The Hall–Kier alpha value is -3.85. The number of fused-ring (bicyclic) bond motifs is 5. The molecule has 0 saturated heterocycles. The van der Waals surface area contributed by atoms with Crippen molar-refractivity contribution < 1.29 is 42.3 Å². The highest BCUT2D eigenvalue weighted by atomic mass is 28.4. The fraction of sp³-hybridized carbons (Fsp3) is 0.644. The third-order valence-corrected chi connectivity index (χ3v) is 17.9. The lowest BCUT2D eigenvalue weighted by Gasteiger charge is -2.55. The summed E-state index contributed by atoms with van der Waals surface area (Å²) in [6, 6.07) is -1.27. The maximum Gasteiger partial charge on any atom is 0.265 e. The summed E-state index contributed by atoms with van der Waals surface area (Å²) in [7, 11) is -1.05. The fourth-order valence-corrected chi connectivity index (χ4v) is 10.6. The van der Waals surface area contributed by atoms with Crippen molar-refractivity contribution in [2.75, 3.05) is 45.2 Å². The largest absolute Gasteiger partial charge is 0.507 e. The zero-order chi connectivity index (χ0) is 43.2. The Morgan fingerprint density at radius 3 is 2.31 bits per heavy atom. The number of benzene rings is 1. The predicted molar refractivity (Wildman–Crippen MR) is 228 cm³/mol. The van der Waals surface area contributed by atoms with Crippen LogP contribution >= 0.6 is 0 Å². The molecule has 2 heterocycles. The number of ether oxygens (including phenoxy) is 2. The van der Waals surface area contributed by atoms with Gasteiger partial charge in [-0.1, -0.05) is 67.4 Å². The number of hydrogen-bond donors (Lipinski definition) is 2. The van der Waals surface area contributed by atoms with E-state index in [0.29, 0.717) is 44.0 Å². The van der Waals surface area contributed by atoms with E-state index in [-0.39, 0.29) is 71.4 Å². The minimum Gasteiger partial charge on any atom is -0.507 e. The molecule has 2 aromatic rings. The molecule has 4 aliphatic rings. The van der Waals surface area contributed by atoms with E-state index < -0.39 is 66.0 Å². The van der Waals surface area contributed by atoms with Crippen LogP contribution in [0.3, 0.4) is 0 Å². The molecular formula is C45H65FN4O8Si. The second-order valence-electron chi connectivity index (χ2n) is 18.3. The Balaban J connectivity index is 1.60. The summed E-state index contributed by atoms with van der Waals surface area (Å²) in [5, 5.41) is 19.4. The summed E-state index contributed by atoms with van der Waals surface area (Å²) in [6.45, 7) is 24.2. The van der Waals surface area contributed by atoms with Gasteiger partial charge in [0.2, 0.25) is 17.5 Å². The van der Waals surface area contributed by atoms with Crippen LogP contribution in [0.5, 0.6) is 11.6 Å². The molecule has 1 unspecified atom stereocenters. The molecule has 1 aliphatic heterocycles. The van der Waals surface area contributed by atoms with Crippen molar-refractivity contribution in [2.45, 2.75) is 136 Å². The first-order valence-electron chi connectivity index (χ1n) is 21.7. The third kappa shape index (κ3) is 7.50. The molecule has 5 atom stereocenters. The van der Waals surface area contributed by atoms with Crippen LogP contribution in [-0.4, -0.2) is 97.4 Å². The van der Waals surface area contributed by atoms with Crippen molar-refractivity contribution in [1.82, 2.24) is 15.0 Å². The van der Waals surface area contributed by atoms with Crippen molar-refractivity contribution >= 4 is 37.2 Å². The molecule has 0 bridgehead atoms. The molecule has 14 heteroatoms. The lowest BCUT2D eigenvalue weighted by Crippen LogP contribution is -2.68. The summed E-state index contributed by atoms with van der Waals surface area (Å²) < 4.78 is 43.1. The SMILES string of the molecule is C=CCN(CCC)C1Cc2c(F)c3c(c(OCCCC)c2NC1=O)C(O)=C1C(=O)[C@]2(O[Si](C)(C)C(C)(C)C)C(=O)c4c(OCCCC)noc4[C@@H](N(C)CC)[C@@H]2C[C@@H]1C3. The van der Waals surface area contributed by atoms with Gasteiger partial charge in [-0.05, 0) is 81.4 Å². The van der Waals surface area contributed by atoms with E-state index in [1.54, 1.807) is 6.08 Å². The number of anilines is 1. The van der Waals surface area contributed by atoms with Crippen molar-refractivity contribution in [3.8, 4) is 11.6 Å². The average Bonchev–Trinajstić information content (AvgIpc) is 3.60. The fourth-order valence-electron chi connectivity index (χ4n) is 9.19. The van der Waals surface area contributed by atoms with Crippen LogP contribution in [0.4, 0.5) is 10.1 Å². The van der Waals surface area contributed by atoms with Gasteiger partial charge in [0.15, 0.2) is 25.4 Å². The maximum absolute atomic E-state index is 17.4. The molecule has 1 aromatic carbocycles. The second-order valence-corrected chi connectivity index (χ2v) is 23.0. The van der Waals surface area contributed by atoms with E-state index in [1.807, 2.05) is 78.4 Å². The van der Waals surface area contributed by atoms with E-state index in [0.717, 1.165) is 25.7 Å². The lowest BCUT2D eigenvalue weighted by molar-refractivity contribution is -0.141. The first-order valence-corrected chi connectivity index (χ1v) is 24.6. The molecule has 1 fully saturated rings. The number of ketones is 2. The molecule has 1 saturated carbocycles. The minimum atomic E-state index is -2.96. The Kier molecular flexibility index (Phi) is 13.1. The van der Waals surface area contributed by atoms with Gasteiger partial charge in [-0.3, -0.25) is 24.2 Å². The Morgan fingerprint density at radius 1 is 1.02 bits per heavy atom. The summed E-state index contributed by atoms with van der Waals surface area (Å²) in [5.41, 5.74) is -1.27. The summed E-state index contributed by atoms with van der Waals surface area (Å²) in [6.07, 6.45) is 5.94. The van der Waals surface area contributed by atoms with Gasteiger partial charge in [-0.15, -0.1) is 6.58 Å². The molecule has 12 nitrogen and oxygen atoms in total. The van der Waals surface area contributed by atoms with Crippen LogP contribution in [0.2, 0.25) is 18.1 Å². The number of unbranched alkanes of at least 4 members (excludes halogenated alkanes) is 2. The third-order valence-electron chi connectivity index (χ3n) is 13.4. The molecular weight excluding hydrogens is 772 g/mol. The molecule has 59 heavy (non-hydrogen) atoms. The van der Waals surface area contributed by atoms with Gasteiger partial charge in [0.25, 0.3) is 5.88 Å². The van der Waals surface area contributed by atoms with Crippen molar-refractivity contribution in [2.24, 2.45) is 11.8 Å². The first-order chi connectivity index (χ1) is 27.9. The molecule has 3 aliphatic carbocycles. The highest BCUT2D eigenvalue weighted by Crippen LogP contribution is 2.60. The van der Waals surface area contributed by atoms with Crippen molar-refractivity contribution in [3.63, 3.8) is 0 Å². The first kappa shape index (κ1) is 44.7. The number of nitrogens with zero attached hydrogens (tertiary/aromatic N) is 3. The molecule has 1 aromatic heterocycles. The van der Waals surface area contributed by atoms with E-state index in [9.17, 15) is 9.90 Å². The highest BCUT2D eigenvalue weighted by molar-refractivity contribution is 6.74. The van der Waals surface area contributed by atoms with Crippen LogP contribution in [0, 0.1) is 17.7 Å². The summed E-state index contributed by atoms with van der Waals surface area (Å²) >= 11 is 0. The van der Waals surface area contributed by atoms with Gasteiger partial charge in [-0.25, -0.2) is 4.39 Å². The molecule has 324 valence electrons. The van der Waals surface area contributed by atoms with Gasteiger partial charge >= 0.3 is 0 Å². The molecule has 1 amide bonds. The number of aromatic nitrogens is 1. The molecule has 0 radical (unpaired) electrons. The maximum atomic E-state index is 17.4. The number of carbonyl (C=O) groups is 3. The summed E-state index contributed by atoms with van der Waals surface area (Å²) in [5.74, 6) is -3.55. The lowest BCUT2D eigenvalue weighted by atomic mass is 9.57.